The third-order valence-corrected chi connectivity index (χ3v) is 5.22. The van der Waals surface area contributed by atoms with E-state index < -0.39 is 0 Å². The summed E-state index contributed by atoms with van der Waals surface area (Å²) in [5.41, 5.74) is 0. The molecule has 0 saturated heterocycles. The predicted molar refractivity (Wildman–Crippen MR) is 77.0 cm³/mol. The average Bonchev–Trinajstić information content (AvgIpc) is 2.71. The molecule has 2 unspecified atom stereocenters. The van der Waals surface area contributed by atoms with Crippen molar-refractivity contribution in [3.8, 4) is 0 Å². The van der Waals surface area contributed by atoms with Gasteiger partial charge in [-0.1, -0.05) is 37.3 Å². The molecule has 0 aromatic heterocycles. The van der Waals surface area contributed by atoms with Crippen LogP contribution in [0.4, 0.5) is 0 Å². The number of carbonyl (C=O) groups excluding carboxylic acids is 1. The smallest absolute Gasteiger partial charge is 0.136 e. The van der Waals surface area contributed by atoms with Crippen molar-refractivity contribution >= 4 is 28.3 Å². The molecular weight excluding hydrogens is 240 g/mol. The van der Waals surface area contributed by atoms with Crippen LogP contribution < -0.4 is 0 Å². The van der Waals surface area contributed by atoms with Gasteiger partial charge in [-0.25, -0.2) is 0 Å². The van der Waals surface area contributed by atoms with Crippen molar-refractivity contribution in [1.82, 2.24) is 0 Å². The molecule has 1 aliphatic carbocycles. The quantitative estimate of drug-likeness (QED) is 0.797. The maximum atomic E-state index is 11.6. The van der Waals surface area contributed by atoms with Crippen molar-refractivity contribution in [2.45, 2.75) is 29.9 Å². The van der Waals surface area contributed by atoms with E-state index in [1.807, 2.05) is 11.8 Å². The first-order chi connectivity index (χ1) is 8.74. The van der Waals surface area contributed by atoms with Gasteiger partial charge in [-0.15, -0.1) is 11.8 Å². The van der Waals surface area contributed by atoms with Gasteiger partial charge in [0.2, 0.25) is 0 Å². The lowest BCUT2D eigenvalue weighted by Crippen LogP contribution is -2.11. The number of rotatable bonds is 2. The Morgan fingerprint density at radius 1 is 1.11 bits per heavy atom. The maximum Gasteiger partial charge on any atom is 0.136 e. The number of thioether (sulfide) groups is 1. The molecule has 92 valence electrons. The molecule has 0 heterocycles. The van der Waals surface area contributed by atoms with Gasteiger partial charge in [0.15, 0.2) is 0 Å². The highest BCUT2D eigenvalue weighted by Gasteiger charge is 2.31. The Morgan fingerprint density at radius 2 is 1.89 bits per heavy atom. The summed E-state index contributed by atoms with van der Waals surface area (Å²) in [6.07, 6.45) is 1.78. The Morgan fingerprint density at radius 3 is 2.61 bits per heavy atom. The van der Waals surface area contributed by atoms with Gasteiger partial charge in [-0.3, -0.25) is 4.79 Å². The fourth-order valence-electron chi connectivity index (χ4n) is 2.55. The molecule has 0 N–H and O–H groups in total. The van der Waals surface area contributed by atoms with E-state index in [1.165, 1.54) is 15.7 Å². The lowest BCUT2D eigenvalue weighted by molar-refractivity contribution is -0.120. The molecule has 2 heteroatoms. The van der Waals surface area contributed by atoms with Gasteiger partial charge in [0.1, 0.15) is 5.78 Å². The number of carbonyl (C=O) groups is 1. The second-order valence-corrected chi connectivity index (χ2v) is 6.27. The molecule has 2 aromatic carbocycles. The molecule has 3 rings (SSSR count). The summed E-state index contributed by atoms with van der Waals surface area (Å²) in [4.78, 5) is 12.9. The molecule has 18 heavy (non-hydrogen) atoms. The highest BCUT2D eigenvalue weighted by Crippen LogP contribution is 2.37. The largest absolute Gasteiger partial charge is 0.299 e. The fraction of sp³-hybridized carbons (Fsp3) is 0.312. The van der Waals surface area contributed by atoms with E-state index in [2.05, 4.69) is 49.4 Å². The third kappa shape index (κ3) is 2.17. The first kappa shape index (κ1) is 11.8. The van der Waals surface area contributed by atoms with Crippen LogP contribution in [0.1, 0.15) is 19.8 Å². The van der Waals surface area contributed by atoms with E-state index in [9.17, 15) is 4.79 Å². The minimum atomic E-state index is 0.210. The molecule has 1 saturated carbocycles. The Bertz CT molecular complexity index is 590. The fourth-order valence-corrected chi connectivity index (χ4v) is 3.83. The number of ketones is 1. The van der Waals surface area contributed by atoms with E-state index in [-0.39, 0.29) is 5.92 Å². The van der Waals surface area contributed by atoms with Crippen LogP contribution in [-0.2, 0) is 4.79 Å². The predicted octanol–water partition coefficient (Wildman–Crippen LogP) is 4.30. The van der Waals surface area contributed by atoms with E-state index in [4.69, 9.17) is 0 Å². The zero-order valence-electron chi connectivity index (χ0n) is 10.4. The van der Waals surface area contributed by atoms with Crippen LogP contribution in [0.3, 0.4) is 0 Å². The standard InChI is InChI=1S/C16H16OS/c1-11-15(17)8-9-16(11)18-14-7-6-12-4-2-3-5-13(12)10-14/h2-7,10-11,16H,8-9H2,1H3. The van der Waals surface area contributed by atoms with E-state index in [0.29, 0.717) is 11.0 Å². The van der Waals surface area contributed by atoms with E-state index >= 15 is 0 Å². The van der Waals surface area contributed by atoms with Crippen LogP contribution in [0.5, 0.6) is 0 Å². The minimum Gasteiger partial charge on any atom is -0.299 e. The van der Waals surface area contributed by atoms with Gasteiger partial charge in [-0.2, -0.15) is 0 Å². The lowest BCUT2D eigenvalue weighted by Gasteiger charge is -2.13. The summed E-state index contributed by atoms with van der Waals surface area (Å²) in [7, 11) is 0. The molecule has 1 nitrogen and oxygen atoms in total. The third-order valence-electron chi connectivity index (χ3n) is 3.75. The monoisotopic (exact) mass is 256 g/mol. The number of hydrogen-bond donors (Lipinski definition) is 0. The van der Waals surface area contributed by atoms with Crippen LogP contribution in [-0.4, -0.2) is 11.0 Å². The molecular formula is C16H16OS. The highest BCUT2D eigenvalue weighted by atomic mass is 32.2. The van der Waals surface area contributed by atoms with Crippen molar-refractivity contribution in [2.24, 2.45) is 5.92 Å². The molecule has 2 aromatic rings. The average molecular weight is 256 g/mol. The Kier molecular flexibility index (Phi) is 3.13. The summed E-state index contributed by atoms with van der Waals surface area (Å²) in [5, 5.41) is 3.01. The minimum absolute atomic E-state index is 0.210. The highest BCUT2D eigenvalue weighted by molar-refractivity contribution is 8.00. The molecule has 0 bridgehead atoms. The Hall–Kier alpha value is -1.28. The van der Waals surface area contributed by atoms with Gasteiger partial charge < -0.3 is 0 Å². The Labute approximate surface area is 112 Å². The van der Waals surface area contributed by atoms with Crippen LogP contribution in [0.2, 0.25) is 0 Å². The normalized spacial score (nSPS) is 23.7. The Balaban J connectivity index is 1.85. The molecule has 2 atom stereocenters. The molecule has 0 aliphatic heterocycles. The van der Waals surface area contributed by atoms with Gasteiger partial charge >= 0.3 is 0 Å². The van der Waals surface area contributed by atoms with Gasteiger partial charge in [0.25, 0.3) is 0 Å². The molecule has 0 radical (unpaired) electrons. The molecule has 0 spiro atoms. The summed E-state index contributed by atoms with van der Waals surface area (Å²) < 4.78 is 0. The zero-order valence-corrected chi connectivity index (χ0v) is 11.2. The zero-order chi connectivity index (χ0) is 12.5. The SMILES string of the molecule is CC1C(=O)CCC1Sc1ccc2ccccc2c1. The van der Waals surface area contributed by atoms with E-state index in [1.54, 1.807) is 0 Å². The van der Waals surface area contributed by atoms with Crippen LogP contribution in [0, 0.1) is 5.92 Å². The first-order valence-electron chi connectivity index (χ1n) is 6.42. The summed E-state index contributed by atoms with van der Waals surface area (Å²) in [6, 6.07) is 15.0. The number of benzene rings is 2. The first-order valence-corrected chi connectivity index (χ1v) is 7.30. The van der Waals surface area contributed by atoms with Gasteiger partial charge in [-0.05, 0) is 29.3 Å². The lowest BCUT2D eigenvalue weighted by atomic mass is 10.1. The van der Waals surface area contributed by atoms with E-state index in [0.717, 1.165) is 12.8 Å². The van der Waals surface area contributed by atoms with Crippen LogP contribution in [0.25, 0.3) is 10.8 Å². The summed E-state index contributed by atoms with van der Waals surface area (Å²) in [6.45, 7) is 2.06. The van der Waals surface area contributed by atoms with Crippen molar-refractivity contribution < 1.29 is 4.79 Å². The molecule has 1 fully saturated rings. The van der Waals surface area contributed by atoms with Crippen molar-refractivity contribution in [3.63, 3.8) is 0 Å². The maximum absolute atomic E-state index is 11.6. The van der Waals surface area contributed by atoms with Crippen LogP contribution in [0.15, 0.2) is 47.4 Å². The van der Waals surface area contributed by atoms with Crippen molar-refractivity contribution in [1.29, 1.82) is 0 Å². The van der Waals surface area contributed by atoms with Gasteiger partial charge in [0.05, 0.1) is 0 Å². The second-order valence-electron chi connectivity index (χ2n) is 4.96. The number of hydrogen-bond acceptors (Lipinski definition) is 2. The number of Topliss-reactive ketones (excluding diaryl/α,β-unsaturated/α-hetero) is 1. The topological polar surface area (TPSA) is 17.1 Å². The number of fused-ring (bicyclic) bond motifs is 1. The molecule has 0 amide bonds. The molecule has 1 aliphatic rings. The summed E-state index contributed by atoms with van der Waals surface area (Å²) >= 11 is 1.86. The van der Waals surface area contributed by atoms with Crippen LogP contribution >= 0.6 is 11.8 Å². The second kappa shape index (κ2) is 4.77. The van der Waals surface area contributed by atoms with Crippen molar-refractivity contribution in [2.75, 3.05) is 0 Å². The van der Waals surface area contributed by atoms with Gasteiger partial charge in [0, 0.05) is 22.5 Å². The summed E-state index contributed by atoms with van der Waals surface area (Å²) in [5.74, 6) is 0.634. The van der Waals surface area contributed by atoms with Crippen molar-refractivity contribution in [3.05, 3.63) is 42.5 Å².